The highest BCUT2D eigenvalue weighted by atomic mass is 28.3. The number of benzene rings is 1. The van der Waals surface area contributed by atoms with E-state index in [0.717, 1.165) is 19.7 Å². The lowest BCUT2D eigenvalue weighted by Gasteiger charge is -2.41. The van der Waals surface area contributed by atoms with Crippen LogP contribution < -0.4 is 4.90 Å². The van der Waals surface area contributed by atoms with E-state index in [1.54, 1.807) is 0 Å². The smallest absolute Gasteiger partial charge is 0.410 e. The summed E-state index contributed by atoms with van der Waals surface area (Å²) in [5.74, 6) is 0. The third kappa shape index (κ3) is 6.49. The van der Waals surface area contributed by atoms with Crippen molar-refractivity contribution in [2.24, 2.45) is 0 Å². The highest BCUT2D eigenvalue weighted by molar-refractivity contribution is 6.76. The zero-order valence-electron chi connectivity index (χ0n) is 20.3. The molecule has 1 amide bonds. The summed E-state index contributed by atoms with van der Waals surface area (Å²) in [7, 11) is -1.06. The maximum absolute atomic E-state index is 12.5. The molecule has 0 radical (unpaired) electrons. The van der Waals surface area contributed by atoms with Crippen LogP contribution >= 0.6 is 0 Å². The maximum Gasteiger partial charge on any atom is 0.410 e. The van der Waals surface area contributed by atoms with E-state index in [2.05, 4.69) is 66.5 Å². The van der Waals surface area contributed by atoms with Gasteiger partial charge in [-0.1, -0.05) is 19.6 Å². The third-order valence-corrected chi connectivity index (χ3v) is 7.31. The molecule has 1 fully saturated rings. The van der Waals surface area contributed by atoms with Crippen molar-refractivity contribution in [2.75, 3.05) is 31.1 Å². The van der Waals surface area contributed by atoms with E-state index in [1.807, 2.05) is 25.7 Å². The lowest BCUT2D eigenvalue weighted by molar-refractivity contribution is 0.0159. The number of nitrogens with zero attached hydrogens (tertiary/aromatic N) is 3. The molecule has 0 aliphatic carbocycles. The van der Waals surface area contributed by atoms with Crippen molar-refractivity contribution in [1.82, 2.24) is 9.47 Å². The molecule has 2 heterocycles. The van der Waals surface area contributed by atoms with Crippen LogP contribution in [0.25, 0.3) is 10.9 Å². The second-order valence-electron chi connectivity index (χ2n) is 10.8. The number of ether oxygens (including phenoxy) is 2. The highest BCUT2D eigenvalue weighted by Crippen LogP contribution is 2.26. The molecule has 1 aromatic carbocycles. The molecule has 1 atom stereocenters. The van der Waals surface area contributed by atoms with Gasteiger partial charge < -0.3 is 23.8 Å². The molecule has 2 aromatic rings. The van der Waals surface area contributed by atoms with Crippen molar-refractivity contribution in [3.8, 4) is 0 Å². The number of aromatic nitrogens is 1. The summed E-state index contributed by atoms with van der Waals surface area (Å²) in [6.07, 6.45) is 1.88. The van der Waals surface area contributed by atoms with Gasteiger partial charge in [0.2, 0.25) is 0 Å². The van der Waals surface area contributed by atoms with Gasteiger partial charge in [0.1, 0.15) is 12.3 Å². The first kappa shape index (κ1) is 23.7. The van der Waals surface area contributed by atoms with E-state index in [0.29, 0.717) is 13.3 Å². The highest BCUT2D eigenvalue weighted by Gasteiger charge is 2.31. The van der Waals surface area contributed by atoms with Gasteiger partial charge in [-0.15, -0.1) is 0 Å². The van der Waals surface area contributed by atoms with Crippen LogP contribution in [-0.2, 0) is 16.2 Å². The fraction of sp³-hybridized carbons (Fsp3) is 0.625. The van der Waals surface area contributed by atoms with Crippen molar-refractivity contribution >= 4 is 30.8 Å². The number of piperazine rings is 1. The monoisotopic (exact) mass is 445 g/mol. The van der Waals surface area contributed by atoms with Crippen molar-refractivity contribution < 1.29 is 14.3 Å². The molecule has 31 heavy (non-hydrogen) atoms. The predicted octanol–water partition coefficient (Wildman–Crippen LogP) is 5.40. The zero-order valence-corrected chi connectivity index (χ0v) is 21.3. The Hall–Kier alpha value is -1.99. The summed E-state index contributed by atoms with van der Waals surface area (Å²) < 4.78 is 13.7. The molecule has 1 aliphatic rings. The Bertz CT molecular complexity index is 898. The van der Waals surface area contributed by atoms with Crippen LogP contribution in [0, 0.1) is 0 Å². The molecule has 0 unspecified atom stereocenters. The van der Waals surface area contributed by atoms with Crippen molar-refractivity contribution in [3.63, 3.8) is 0 Å². The Kier molecular flexibility index (Phi) is 7.06. The Balaban J connectivity index is 1.61. The van der Waals surface area contributed by atoms with Crippen LogP contribution in [0.2, 0.25) is 25.7 Å². The van der Waals surface area contributed by atoms with Gasteiger partial charge in [-0.05, 0) is 58.0 Å². The van der Waals surface area contributed by atoms with Gasteiger partial charge in [-0.3, -0.25) is 0 Å². The summed E-state index contributed by atoms with van der Waals surface area (Å²) in [6, 6.07) is 10.0. The predicted molar refractivity (Wildman–Crippen MR) is 131 cm³/mol. The lowest BCUT2D eigenvalue weighted by Crippen LogP contribution is -2.55. The normalized spacial score (nSPS) is 18.0. The Labute approximate surface area is 188 Å². The summed E-state index contributed by atoms with van der Waals surface area (Å²) in [5, 5.41) is 1.22. The Morgan fingerprint density at radius 3 is 2.55 bits per heavy atom. The first-order valence-electron chi connectivity index (χ1n) is 11.3. The van der Waals surface area contributed by atoms with Crippen LogP contribution in [0.1, 0.15) is 27.7 Å². The average molecular weight is 446 g/mol. The molecule has 1 saturated heterocycles. The van der Waals surface area contributed by atoms with Crippen LogP contribution in [-0.4, -0.2) is 61.5 Å². The fourth-order valence-corrected chi connectivity index (χ4v) is 4.58. The Morgan fingerprint density at radius 2 is 1.90 bits per heavy atom. The van der Waals surface area contributed by atoms with Gasteiger partial charge >= 0.3 is 6.09 Å². The standard InChI is InChI=1S/C24H39N3O3Si/c1-19-17-25(12-13-27(19)23(28)30-24(2,3)4)21-8-9-22-20(16-21)10-11-26(22)18-29-14-15-31(5,6)7/h8-11,16,19H,12-15,17-18H2,1-7H3/t19-/m0/s1. The molecular formula is C24H39N3O3Si. The van der Waals surface area contributed by atoms with Crippen molar-refractivity contribution in [3.05, 3.63) is 30.5 Å². The lowest BCUT2D eigenvalue weighted by atomic mass is 10.1. The minimum absolute atomic E-state index is 0.101. The third-order valence-electron chi connectivity index (χ3n) is 5.60. The van der Waals surface area contributed by atoms with E-state index in [9.17, 15) is 4.79 Å². The van der Waals surface area contributed by atoms with Crippen LogP contribution in [0.3, 0.4) is 0 Å². The molecule has 1 aliphatic heterocycles. The van der Waals surface area contributed by atoms with Gasteiger partial charge in [0.15, 0.2) is 0 Å². The minimum Gasteiger partial charge on any atom is -0.444 e. The molecule has 172 valence electrons. The number of anilines is 1. The molecule has 6 nitrogen and oxygen atoms in total. The summed E-state index contributed by atoms with van der Waals surface area (Å²) in [5.41, 5.74) is 1.92. The zero-order chi connectivity index (χ0) is 22.8. The van der Waals surface area contributed by atoms with Gasteiger partial charge in [0.05, 0.1) is 5.52 Å². The van der Waals surface area contributed by atoms with Gasteiger partial charge in [0.25, 0.3) is 0 Å². The number of hydrogen-bond acceptors (Lipinski definition) is 4. The Morgan fingerprint density at radius 1 is 1.16 bits per heavy atom. The second kappa shape index (κ2) is 9.24. The fourth-order valence-electron chi connectivity index (χ4n) is 3.82. The van der Waals surface area contributed by atoms with E-state index in [-0.39, 0.29) is 12.1 Å². The number of rotatable bonds is 6. The number of amides is 1. The SMILES string of the molecule is C[C@H]1CN(c2ccc3c(ccn3COCC[Si](C)(C)C)c2)CCN1C(=O)OC(C)(C)C. The first-order valence-corrected chi connectivity index (χ1v) is 15.0. The van der Waals surface area contributed by atoms with E-state index in [1.165, 1.54) is 22.6 Å². The van der Waals surface area contributed by atoms with Crippen molar-refractivity contribution in [1.29, 1.82) is 0 Å². The number of hydrogen-bond donors (Lipinski definition) is 0. The van der Waals surface area contributed by atoms with Gasteiger partial charge in [0, 0.05) is 57.6 Å². The van der Waals surface area contributed by atoms with Gasteiger partial charge in [-0.25, -0.2) is 4.79 Å². The molecule has 1 aromatic heterocycles. The summed E-state index contributed by atoms with van der Waals surface area (Å²) in [6.45, 7) is 18.6. The largest absolute Gasteiger partial charge is 0.444 e. The van der Waals surface area contributed by atoms with E-state index < -0.39 is 13.7 Å². The molecule has 3 rings (SSSR count). The van der Waals surface area contributed by atoms with Crippen LogP contribution in [0.15, 0.2) is 30.5 Å². The number of fused-ring (bicyclic) bond motifs is 1. The maximum atomic E-state index is 12.5. The molecule has 0 saturated carbocycles. The topological polar surface area (TPSA) is 46.9 Å². The van der Waals surface area contributed by atoms with E-state index in [4.69, 9.17) is 9.47 Å². The van der Waals surface area contributed by atoms with Crippen LogP contribution in [0.5, 0.6) is 0 Å². The summed E-state index contributed by atoms with van der Waals surface area (Å²) in [4.78, 5) is 16.7. The number of carbonyl (C=O) groups excluding carboxylic acids is 1. The quantitative estimate of drug-likeness (QED) is 0.441. The van der Waals surface area contributed by atoms with Gasteiger partial charge in [-0.2, -0.15) is 0 Å². The molecular weight excluding hydrogens is 406 g/mol. The second-order valence-corrected chi connectivity index (χ2v) is 16.5. The molecule has 7 heteroatoms. The first-order chi connectivity index (χ1) is 14.4. The minimum atomic E-state index is -1.06. The molecule has 0 bridgehead atoms. The van der Waals surface area contributed by atoms with Crippen LogP contribution in [0.4, 0.5) is 10.5 Å². The van der Waals surface area contributed by atoms with E-state index >= 15 is 0 Å². The summed E-state index contributed by atoms with van der Waals surface area (Å²) >= 11 is 0. The molecule has 0 spiro atoms. The average Bonchev–Trinajstić information content (AvgIpc) is 3.05. The van der Waals surface area contributed by atoms with Crippen molar-refractivity contribution in [2.45, 2.75) is 71.8 Å². The number of carbonyl (C=O) groups is 1. The molecule has 0 N–H and O–H groups in total.